The number of nitrogens with one attached hydrogen (secondary N) is 2. The number of hydrogen-bond acceptors (Lipinski definition) is 3. The van der Waals surface area contributed by atoms with Crippen molar-refractivity contribution in [2.45, 2.75) is 31.7 Å². The lowest BCUT2D eigenvalue weighted by Crippen LogP contribution is -2.24. The van der Waals surface area contributed by atoms with Gasteiger partial charge in [-0.15, -0.1) is 0 Å². The summed E-state index contributed by atoms with van der Waals surface area (Å²) in [6.45, 7) is 0. The maximum absolute atomic E-state index is 5.78. The van der Waals surface area contributed by atoms with E-state index in [4.69, 9.17) is 5.73 Å². The predicted molar refractivity (Wildman–Crippen MR) is 73.4 cm³/mol. The highest BCUT2D eigenvalue weighted by atomic mass is 15.1. The van der Waals surface area contributed by atoms with Crippen molar-refractivity contribution in [3.05, 3.63) is 18.2 Å². The number of rotatable bonds is 4. The number of anilines is 2. The summed E-state index contributed by atoms with van der Waals surface area (Å²) in [5.41, 5.74) is 8.56. The van der Waals surface area contributed by atoms with Crippen LogP contribution in [0.3, 0.4) is 0 Å². The summed E-state index contributed by atoms with van der Waals surface area (Å²) in [6.07, 6.45) is 5.51. The molecule has 0 saturated heterocycles. The summed E-state index contributed by atoms with van der Waals surface area (Å²) in [4.78, 5) is 7.92. The van der Waals surface area contributed by atoms with Crippen molar-refractivity contribution in [3.63, 3.8) is 0 Å². The van der Waals surface area contributed by atoms with E-state index in [2.05, 4.69) is 15.3 Å². The van der Waals surface area contributed by atoms with Crippen LogP contribution in [0.5, 0.6) is 0 Å². The molecule has 0 aliphatic heterocycles. The normalized spacial score (nSPS) is 19.6. The van der Waals surface area contributed by atoms with Crippen LogP contribution in [0.1, 0.15) is 25.7 Å². The number of hydrogen-bond donors (Lipinski definition) is 3. The number of imidazole rings is 1. The largest absolute Gasteiger partial charge is 0.399 e. The number of H-pyrrole nitrogens is 1. The SMILES string of the molecule is Nc1ccc2nc(NC(C3CC3)C3CC3)[nH]c2c1. The summed E-state index contributed by atoms with van der Waals surface area (Å²) in [5.74, 6) is 2.64. The van der Waals surface area contributed by atoms with Crippen molar-refractivity contribution in [2.24, 2.45) is 11.8 Å². The Morgan fingerprint density at radius 2 is 1.94 bits per heavy atom. The van der Waals surface area contributed by atoms with Crippen LogP contribution in [-0.2, 0) is 0 Å². The zero-order chi connectivity index (χ0) is 12.1. The third-order valence-corrected chi connectivity index (χ3v) is 4.07. The van der Waals surface area contributed by atoms with Gasteiger partial charge in [0.05, 0.1) is 11.0 Å². The fourth-order valence-electron chi connectivity index (χ4n) is 2.78. The monoisotopic (exact) mass is 242 g/mol. The van der Waals surface area contributed by atoms with E-state index in [-0.39, 0.29) is 0 Å². The fraction of sp³-hybridized carbons (Fsp3) is 0.500. The molecule has 4 rings (SSSR count). The molecule has 94 valence electrons. The second-order valence-corrected chi connectivity index (χ2v) is 5.71. The maximum Gasteiger partial charge on any atom is 0.201 e. The Balaban J connectivity index is 1.61. The van der Waals surface area contributed by atoms with Crippen LogP contribution >= 0.6 is 0 Å². The van der Waals surface area contributed by atoms with E-state index in [1.807, 2.05) is 18.2 Å². The summed E-state index contributed by atoms with van der Waals surface area (Å²) in [5, 5.41) is 3.60. The molecule has 4 N–H and O–H groups in total. The molecule has 2 saturated carbocycles. The van der Waals surface area contributed by atoms with Crippen LogP contribution in [0.2, 0.25) is 0 Å². The summed E-state index contributed by atoms with van der Waals surface area (Å²) >= 11 is 0. The van der Waals surface area contributed by atoms with Gasteiger partial charge in [0.1, 0.15) is 0 Å². The van der Waals surface area contributed by atoms with Crippen LogP contribution in [0.25, 0.3) is 11.0 Å². The molecule has 1 aromatic heterocycles. The van der Waals surface area contributed by atoms with Gasteiger partial charge in [-0.05, 0) is 55.7 Å². The van der Waals surface area contributed by atoms with Gasteiger partial charge in [-0.1, -0.05) is 0 Å². The molecule has 2 fully saturated rings. The van der Waals surface area contributed by atoms with E-state index >= 15 is 0 Å². The van der Waals surface area contributed by atoms with Gasteiger partial charge in [-0.2, -0.15) is 0 Å². The molecule has 0 unspecified atom stereocenters. The van der Waals surface area contributed by atoms with Crippen molar-refractivity contribution in [3.8, 4) is 0 Å². The minimum Gasteiger partial charge on any atom is -0.399 e. The lowest BCUT2D eigenvalue weighted by molar-refractivity contribution is 0.564. The number of aromatic nitrogens is 2. The third kappa shape index (κ3) is 1.82. The van der Waals surface area contributed by atoms with Gasteiger partial charge in [-0.3, -0.25) is 0 Å². The van der Waals surface area contributed by atoms with Gasteiger partial charge in [0, 0.05) is 11.7 Å². The Kier molecular flexibility index (Phi) is 2.07. The topological polar surface area (TPSA) is 66.7 Å². The highest BCUT2D eigenvalue weighted by Crippen LogP contribution is 2.45. The zero-order valence-corrected chi connectivity index (χ0v) is 10.3. The Morgan fingerprint density at radius 1 is 1.22 bits per heavy atom. The van der Waals surface area contributed by atoms with Gasteiger partial charge < -0.3 is 16.0 Å². The van der Waals surface area contributed by atoms with E-state index < -0.39 is 0 Å². The molecule has 0 spiro atoms. The van der Waals surface area contributed by atoms with Gasteiger partial charge >= 0.3 is 0 Å². The molecule has 1 heterocycles. The molecule has 18 heavy (non-hydrogen) atoms. The first-order valence-corrected chi connectivity index (χ1v) is 6.81. The molecule has 0 bridgehead atoms. The number of fused-ring (bicyclic) bond motifs is 1. The van der Waals surface area contributed by atoms with Gasteiger partial charge in [0.2, 0.25) is 5.95 Å². The van der Waals surface area contributed by atoms with Gasteiger partial charge in [0.25, 0.3) is 0 Å². The van der Waals surface area contributed by atoms with Crippen LogP contribution in [0.4, 0.5) is 11.6 Å². The van der Waals surface area contributed by atoms with E-state index in [1.165, 1.54) is 25.7 Å². The molecule has 2 aromatic rings. The number of nitrogens with zero attached hydrogens (tertiary/aromatic N) is 1. The van der Waals surface area contributed by atoms with Crippen molar-refractivity contribution in [1.29, 1.82) is 0 Å². The fourth-order valence-corrected chi connectivity index (χ4v) is 2.78. The molecule has 1 aromatic carbocycles. The lowest BCUT2D eigenvalue weighted by Gasteiger charge is -2.16. The number of nitrogens with two attached hydrogens (primary N) is 1. The highest BCUT2D eigenvalue weighted by Gasteiger charge is 2.41. The smallest absolute Gasteiger partial charge is 0.201 e. The first kappa shape index (κ1) is 10.2. The molecule has 0 amide bonds. The van der Waals surface area contributed by atoms with Crippen LogP contribution in [-0.4, -0.2) is 16.0 Å². The van der Waals surface area contributed by atoms with E-state index in [9.17, 15) is 0 Å². The van der Waals surface area contributed by atoms with E-state index in [1.54, 1.807) is 0 Å². The molecular formula is C14H18N4. The third-order valence-electron chi connectivity index (χ3n) is 4.07. The van der Waals surface area contributed by atoms with Crippen molar-refractivity contribution < 1.29 is 0 Å². The lowest BCUT2D eigenvalue weighted by atomic mass is 10.1. The minimum atomic E-state index is 0.628. The highest BCUT2D eigenvalue weighted by molar-refractivity contribution is 5.80. The zero-order valence-electron chi connectivity index (χ0n) is 10.3. The second kappa shape index (κ2) is 3.64. The molecule has 4 heteroatoms. The van der Waals surface area contributed by atoms with E-state index in [0.29, 0.717) is 6.04 Å². The summed E-state index contributed by atoms with van der Waals surface area (Å²) in [6, 6.07) is 6.43. The standard InChI is InChI=1S/C14H18N4/c15-10-5-6-11-12(7-10)17-14(16-11)18-13(8-1-2-8)9-3-4-9/h5-9,13H,1-4,15H2,(H2,16,17,18). The van der Waals surface area contributed by atoms with Crippen LogP contribution < -0.4 is 11.1 Å². The van der Waals surface area contributed by atoms with Crippen LogP contribution in [0.15, 0.2) is 18.2 Å². The van der Waals surface area contributed by atoms with Crippen LogP contribution in [0, 0.1) is 11.8 Å². The number of benzene rings is 1. The molecule has 0 radical (unpaired) electrons. The summed E-state index contributed by atoms with van der Waals surface area (Å²) < 4.78 is 0. The molecular weight excluding hydrogens is 224 g/mol. The first-order chi connectivity index (χ1) is 8.79. The number of aromatic amines is 1. The Labute approximate surface area is 106 Å². The molecule has 2 aliphatic carbocycles. The average molecular weight is 242 g/mol. The van der Waals surface area contributed by atoms with Crippen molar-refractivity contribution in [1.82, 2.24) is 9.97 Å². The Morgan fingerprint density at radius 3 is 2.61 bits per heavy atom. The predicted octanol–water partition coefficient (Wildman–Crippen LogP) is 2.75. The minimum absolute atomic E-state index is 0.628. The maximum atomic E-state index is 5.78. The van der Waals surface area contributed by atoms with Crippen molar-refractivity contribution >= 4 is 22.7 Å². The second-order valence-electron chi connectivity index (χ2n) is 5.71. The molecule has 2 aliphatic rings. The molecule has 4 nitrogen and oxygen atoms in total. The quantitative estimate of drug-likeness (QED) is 0.722. The van der Waals surface area contributed by atoms with Gasteiger partial charge in [0.15, 0.2) is 0 Å². The van der Waals surface area contributed by atoms with Crippen molar-refractivity contribution in [2.75, 3.05) is 11.1 Å². The number of nitrogen functional groups attached to an aromatic ring is 1. The Hall–Kier alpha value is -1.71. The molecule has 0 atom stereocenters. The first-order valence-electron chi connectivity index (χ1n) is 6.81. The van der Waals surface area contributed by atoms with E-state index in [0.717, 1.165) is 34.5 Å². The summed E-state index contributed by atoms with van der Waals surface area (Å²) in [7, 11) is 0. The Bertz CT molecular complexity index is 568. The average Bonchev–Trinajstić information content (AvgIpc) is 3.23. The van der Waals surface area contributed by atoms with Gasteiger partial charge in [-0.25, -0.2) is 4.98 Å².